The Kier molecular flexibility index (Phi) is 7.42. The highest BCUT2D eigenvalue weighted by atomic mass is 16.4. The van der Waals surface area contributed by atoms with Crippen LogP contribution in [0.4, 0.5) is 0 Å². The molecule has 0 aromatic heterocycles. The highest BCUT2D eigenvalue weighted by Gasteiger charge is 2.20. The van der Waals surface area contributed by atoms with Gasteiger partial charge in [-0.3, -0.25) is 9.59 Å². The molecule has 0 spiro atoms. The van der Waals surface area contributed by atoms with E-state index in [2.05, 4.69) is 10.6 Å². The topological polar surface area (TPSA) is 95.5 Å². The van der Waals surface area contributed by atoms with Crippen molar-refractivity contribution in [3.8, 4) is 0 Å². The van der Waals surface area contributed by atoms with E-state index in [-0.39, 0.29) is 17.4 Å². The Bertz CT molecular complexity index is 574. The van der Waals surface area contributed by atoms with E-state index >= 15 is 0 Å². The number of nitrogens with one attached hydrogen (secondary N) is 2. The van der Waals surface area contributed by atoms with E-state index in [9.17, 15) is 14.4 Å². The molecule has 0 atom stereocenters. The summed E-state index contributed by atoms with van der Waals surface area (Å²) in [7, 11) is 0. The SMILES string of the molecule is CC(C)(C)C(=O)NCCCC(=O)NCCc1ccc(C(=O)O)cc1. The van der Waals surface area contributed by atoms with Crippen LogP contribution in [-0.4, -0.2) is 36.0 Å². The van der Waals surface area contributed by atoms with Crippen LogP contribution in [0.5, 0.6) is 0 Å². The van der Waals surface area contributed by atoms with E-state index in [1.807, 2.05) is 20.8 Å². The quantitative estimate of drug-likeness (QED) is 0.634. The second kappa shape index (κ2) is 9.05. The number of carbonyl (C=O) groups is 3. The maximum Gasteiger partial charge on any atom is 0.335 e. The van der Waals surface area contributed by atoms with E-state index in [0.29, 0.717) is 32.4 Å². The first-order chi connectivity index (χ1) is 11.2. The highest BCUT2D eigenvalue weighted by molar-refractivity contribution is 5.87. The fourth-order valence-corrected chi connectivity index (χ4v) is 1.96. The Balaban J connectivity index is 2.18. The summed E-state index contributed by atoms with van der Waals surface area (Å²) in [5, 5.41) is 14.4. The molecule has 0 saturated carbocycles. The van der Waals surface area contributed by atoms with E-state index in [0.717, 1.165) is 5.56 Å². The largest absolute Gasteiger partial charge is 0.478 e. The van der Waals surface area contributed by atoms with Gasteiger partial charge in [-0.05, 0) is 30.5 Å². The first-order valence-electron chi connectivity index (χ1n) is 8.07. The van der Waals surface area contributed by atoms with E-state index in [1.165, 1.54) is 0 Å². The van der Waals surface area contributed by atoms with Gasteiger partial charge in [0.15, 0.2) is 0 Å². The normalized spacial score (nSPS) is 11.0. The molecule has 0 radical (unpaired) electrons. The van der Waals surface area contributed by atoms with E-state index in [4.69, 9.17) is 5.11 Å². The van der Waals surface area contributed by atoms with Crippen molar-refractivity contribution < 1.29 is 19.5 Å². The Morgan fingerprint density at radius 3 is 2.17 bits per heavy atom. The van der Waals surface area contributed by atoms with E-state index < -0.39 is 11.4 Å². The number of carboxylic acids is 1. The van der Waals surface area contributed by atoms with Gasteiger partial charge >= 0.3 is 5.97 Å². The fourth-order valence-electron chi connectivity index (χ4n) is 1.96. The standard InChI is InChI=1S/C18H26N2O4/c1-18(2,3)17(24)20-11-4-5-15(21)19-12-10-13-6-8-14(9-7-13)16(22)23/h6-9H,4-5,10-12H2,1-3H3,(H,19,21)(H,20,24)(H,22,23). The van der Waals surface area contributed by atoms with Gasteiger partial charge in [-0.25, -0.2) is 4.79 Å². The maximum absolute atomic E-state index is 11.7. The number of hydrogen-bond acceptors (Lipinski definition) is 3. The number of amides is 2. The lowest BCUT2D eigenvalue weighted by Gasteiger charge is -2.17. The van der Waals surface area contributed by atoms with Crippen molar-refractivity contribution >= 4 is 17.8 Å². The molecule has 0 saturated heterocycles. The zero-order valence-electron chi connectivity index (χ0n) is 14.5. The molecule has 1 aromatic carbocycles. The van der Waals surface area contributed by atoms with Crippen LogP contribution < -0.4 is 10.6 Å². The van der Waals surface area contributed by atoms with Gasteiger partial charge in [-0.1, -0.05) is 32.9 Å². The molecule has 0 bridgehead atoms. The molecule has 2 amide bonds. The second-order valence-corrected chi connectivity index (χ2v) is 6.71. The highest BCUT2D eigenvalue weighted by Crippen LogP contribution is 2.12. The first kappa shape index (κ1) is 19.7. The van der Waals surface area contributed by atoms with Crippen molar-refractivity contribution in [2.75, 3.05) is 13.1 Å². The molecule has 3 N–H and O–H groups in total. The summed E-state index contributed by atoms with van der Waals surface area (Å²) < 4.78 is 0. The van der Waals surface area contributed by atoms with Gasteiger partial charge in [-0.15, -0.1) is 0 Å². The Morgan fingerprint density at radius 1 is 1.00 bits per heavy atom. The molecule has 6 heteroatoms. The van der Waals surface area contributed by atoms with Gasteiger partial charge in [0.05, 0.1) is 5.56 Å². The molecule has 0 aliphatic rings. The summed E-state index contributed by atoms with van der Waals surface area (Å²) >= 11 is 0. The summed E-state index contributed by atoms with van der Waals surface area (Å²) in [4.78, 5) is 34.1. The van der Waals surface area contributed by atoms with Crippen LogP contribution in [0.3, 0.4) is 0 Å². The molecular weight excluding hydrogens is 308 g/mol. The molecule has 0 heterocycles. The number of rotatable bonds is 8. The van der Waals surface area contributed by atoms with Crippen LogP contribution in [0.2, 0.25) is 0 Å². The number of carbonyl (C=O) groups excluding carboxylic acids is 2. The van der Waals surface area contributed by atoms with Gasteiger partial charge in [-0.2, -0.15) is 0 Å². The monoisotopic (exact) mass is 334 g/mol. The maximum atomic E-state index is 11.7. The lowest BCUT2D eigenvalue weighted by Crippen LogP contribution is -2.35. The van der Waals surface area contributed by atoms with Crippen molar-refractivity contribution in [1.29, 1.82) is 0 Å². The smallest absolute Gasteiger partial charge is 0.335 e. The number of benzene rings is 1. The average Bonchev–Trinajstić information content (AvgIpc) is 2.51. The minimum atomic E-state index is -0.951. The van der Waals surface area contributed by atoms with Crippen LogP contribution in [0.1, 0.15) is 49.5 Å². The summed E-state index contributed by atoms with van der Waals surface area (Å²) in [5.41, 5.74) is 0.802. The van der Waals surface area contributed by atoms with Crippen molar-refractivity contribution in [3.63, 3.8) is 0 Å². The first-order valence-corrected chi connectivity index (χ1v) is 8.07. The Labute approximate surface area is 142 Å². The number of hydrogen-bond donors (Lipinski definition) is 3. The van der Waals surface area contributed by atoms with Gasteiger partial charge < -0.3 is 15.7 Å². The molecule has 1 rings (SSSR count). The van der Waals surface area contributed by atoms with Crippen molar-refractivity contribution in [2.24, 2.45) is 5.41 Å². The average molecular weight is 334 g/mol. The van der Waals surface area contributed by atoms with Crippen LogP contribution >= 0.6 is 0 Å². The minimum Gasteiger partial charge on any atom is -0.478 e. The van der Waals surface area contributed by atoms with Gasteiger partial charge in [0.2, 0.25) is 11.8 Å². The Hall–Kier alpha value is -2.37. The summed E-state index contributed by atoms with van der Waals surface area (Å²) in [5.74, 6) is -1.02. The molecular formula is C18H26N2O4. The number of carboxylic acid groups (broad SMARTS) is 1. The molecule has 24 heavy (non-hydrogen) atoms. The van der Waals surface area contributed by atoms with Crippen LogP contribution in [0.25, 0.3) is 0 Å². The van der Waals surface area contributed by atoms with Gasteiger partial charge in [0.1, 0.15) is 0 Å². The van der Waals surface area contributed by atoms with Crippen LogP contribution in [0.15, 0.2) is 24.3 Å². The molecule has 6 nitrogen and oxygen atoms in total. The molecule has 0 fully saturated rings. The molecule has 0 aliphatic heterocycles. The molecule has 132 valence electrons. The third-order valence-corrected chi connectivity index (χ3v) is 3.48. The molecule has 1 aromatic rings. The predicted octanol–water partition coefficient (Wildman–Crippen LogP) is 1.99. The fraction of sp³-hybridized carbons (Fsp3) is 0.500. The lowest BCUT2D eigenvalue weighted by molar-refractivity contribution is -0.128. The predicted molar refractivity (Wildman–Crippen MR) is 91.8 cm³/mol. The summed E-state index contributed by atoms with van der Waals surface area (Å²) in [6.07, 6.45) is 1.61. The molecule has 0 unspecified atom stereocenters. The van der Waals surface area contributed by atoms with Crippen molar-refractivity contribution in [3.05, 3.63) is 35.4 Å². The summed E-state index contributed by atoms with van der Waals surface area (Å²) in [6, 6.07) is 6.60. The van der Waals surface area contributed by atoms with Gasteiger partial charge in [0.25, 0.3) is 0 Å². The minimum absolute atomic E-state index is 0.0206. The zero-order chi connectivity index (χ0) is 18.2. The lowest BCUT2D eigenvalue weighted by atomic mass is 9.96. The molecule has 0 aliphatic carbocycles. The third-order valence-electron chi connectivity index (χ3n) is 3.48. The second-order valence-electron chi connectivity index (χ2n) is 6.71. The zero-order valence-corrected chi connectivity index (χ0v) is 14.5. The van der Waals surface area contributed by atoms with Crippen molar-refractivity contribution in [2.45, 2.75) is 40.0 Å². The third kappa shape index (κ3) is 7.26. The van der Waals surface area contributed by atoms with Crippen LogP contribution in [0, 0.1) is 5.41 Å². The number of aromatic carboxylic acids is 1. The van der Waals surface area contributed by atoms with Crippen molar-refractivity contribution in [1.82, 2.24) is 10.6 Å². The van der Waals surface area contributed by atoms with Gasteiger partial charge in [0, 0.05) is 24.9 Å². The van der Waals surface area contributed by atoms with E-state index in [1.54, 1.807) is 24.3 Å². The summed E-state index contributed by atoms with van der Waals surface area (Å²) in [6.45, 7) is 6.52. The Morgan fingerprint density at radius 2 is 1.62 bits per heavy atom. The van der Waals surface area contributed by atoms with Crippen LogP contribution in [-0.2, 0) is 16.0 Å².